The van der Waals surface area contributed by atoms with Gasteiger partial charge < -0.3 is 4.74 Å². The zero-order valence-corrected chi connectivity index (χ0v) is 6.05. The fraction of sp³-hybridized carbons (Fsp3) is 0.667. The number of rotatable bonds is 0. The van der Waals surface area contributed by atoms with E-state index in [0.717, 1.165) is 17.5 Å². The number of hydrogen-bond acceptors (Lipinski definition) is 2. The van der Waals surface area contributed by atoms with Gasteiger partial charge in [-0.15, -0.1) is 0 Å². The van der Waals surface area contributed by atoms with Crippen LogP contribution in [-0.2, 0) is 4.74 Å². The predicted octanol–water partition coefficient (Wildman–Crippen LogP) is 2.00. The van der Waals surface area contributed by atoms with E-state index in [0.29, 0.717) is 0 Å². The molecule has 0 aromatic carbocycles. The van der Waals surface area contributed by atoms with Gasteiger partial charge in [0.2, 0.25) is 0 Å². The molecule has 0 aromatic rings. The first-order chi connectivity index (χ1) is 3.80. The summed E-state index contributed by atoms with van der Waals surface area (Å²) >= 11 is 1.81. The summed E-state index contributed by atoms with van der Waals surface area (Å²) in [7, 11) is 0. The standard InChI is InChI=1S/C6H10OS/c1-5(2)6-7-3-4-8-6/h3-4H2,1-2H3. The third-order valence-electron chi connectivity index (χ3n) is 0.958. The molecular weight excluding hydrogens is 120 g/mol. The van der Waals surface area contributed by atoms with Crippen molar-refractivity contribution in [3.63, 3.8) is 0 Å². The Morgan fingerprint density at radius 2 is 2.38 bits per heavy atom. The van der Waals surface area contributed by atoms with Gasteiger partial charge in [-0.2, -0.15) is 0 Å². The Bertz CT molecular complexity index is 106. The SMILES string of the molecule is CC(C)=C1OCCS1. The summed E-state index contributed by atoms with van der Waals surface area (Å²) in [5, 5.41) is 1.13. The molecule has 1 nitrogen and oxygen atoms in total. The van der Waals surface area contributed by atoms with E-state index in [9.17, 15) is 0 Å². The van der Waals surface area contributed by atoms with Crippen LogP contribution in [0.4, 0.5) is 0 Å². The molecule has 1 aliphatic heterocycles. The van der Waals surface area contributed by atoms with Gasteiger partial charge in [0.15, 0.2) is 5.09 Å². The molecule has 0 unspecified atom stereocenters. The molecule has 0 atom stereocenters. The van der Waals surface area contributed by atoms with Crippen molar-refractivity contribution in [3.05, 3.63) is 10.7 Å². The summed E-state index contributed by atoms with van der Waals surface area (Å²) < 4.78 is 5.26. The maximum Gasteiger partial charge on any atom is 0.151 e. The van der Waals surface area contributed by atoms with Crippen molar-refractivity contribution in [1.82, 2.24) is 0 Å². The lowest BCUT2D eigenvalue weighted by Gasteiger charge is -1.96. The molecule has 1 saturated heterocycles. The van der Waals surface area contributed by atoms with Gasteiger partial charge in [0.25, 0.3) is 0 Å². The smallest absolute Gasteiger partial charge is 0.151 e. The highest BCUT2D eigenvalue weighted by Gasteiger charge is 2.08. The fourth-order valence-electron chi connectivity index (χ4n) is 0.599. The first kappa shape index (κ1) is 6.02. The van der Waals surface area contributed by atoms with Gasteiger partial charge in [-0.1, -0.05) is 11.8 Å². The highest BCUT2D eigenvalue weighted by molar-refractivity contribution is 8.03. The van der Waals surface area contributed by atoms with Crippen LogP contribution in [0.15, 0.2) is 10.7 Å². The third-order valence-corrected chi connectivity index (χ3v) is 2.12. The molecular formula is C6H10OS. The molecule has 0 bridgehead atoms. The number of hydrogen-bond donors (Lipinski definition) is 0. The highest BCUT2D eigenvalue weighted by atomic mass is 32.2. The van der Waals surface area contributed by atoms with Crippen LogP contribution in [0, 0.1) is 0 Å². The Morgan fingerprint density at radius 3 is 2.62 bits per heavy atom. The van der Waals surface area contributed by atoms with E-state index in [1.807, 2.05) is 11.8 Å². The molecule has 0 aliphatic carbocycles. The minimum atomic E-state index is 0.894. The van der Waals surface area contributed by atoms with Crippen molar-refractivity contribution in [2.24, 2.45) is 0 Å². The number of thioether (sulfide) groups is 1. The Kier molecular flexibility index (Phi) is 1.84. The van der Waals surface area contributed by atoms with Gasteiger partial charge in [-0.3, -0.25) is 0 Å². The largest absolute Gasteiger partial charge is 0.487 e. The average Bonchev–Trinajstić information content (AvgIpc) is 2.12. The second-order valence-electron chi connectivity index (χ2n) is 1.98. The third kappa shape index (κ3) is 1.19. The molecule has 46 valence electrons. The van der Waals surface area contributed by atoms with Crippen molar-refractivity contribution in [2.75, 3.05) is 12.4 Å². The van der Waals surface area contributed by atoms with Gasteiger partial charge in [0.05, 0.1) is 6.61 Å². The summed E-state index contributed by atoms with van der Waals surface area (Å²) in [6.07, 6.45) is 0. The Morgan fingerprint density at radius 1 is 1.62 bits per heavy atom. The molecule has 0 radical (unpaired) electrons. The van der Waals surface area contributed by atoms with Gasteiger partial charge in [-0.05, 0) is 19.4 Å². The summed E-state index contributed by atoms with van der Waals surface area (Å²) in [5.74, 6) is 1.13. The van der Waals surface area contributed by atoms with Crippen molar-refractivity contribution < 1.29 is 4.74 Å². The molecule has 1 rings (SSSR count). The monoisotopic (exact) mass is 130 g/mol. The predicted molar refractivity (Wildman–Crippen MR) is 36.8 cm³/mol. The van der Waals surface area contributed by atoms with Crippen LogP contribution in [0.1, 0.15) is 13.8 Å². The lowest BCUT2D eigenvalue weighted by Crippen LogP contribution is -1.80. The summed E-state index contributed by atoms with van der Waals surface area (Å²) in [4.78, 5) is 0. The zero-order valence-electron chi connectivity index (χ0n) is 5.23. The first-order valence-corrected chi connectivity index (χ1v) is 3.72. The molecule has 1 fully saturated rings. The average molecular weight is 130 g/mol. The lowest BCUT2D eigenvalue weighted by atomic mass is 10.4. The quantitative estimate of drug-likeness (QED) is 0.496. The van der Waals surface area contributed by atoms with Crippen LogP contribution >= 0.6 is 11.8 Å². The lowest BCUT2D eigenvalue weighted by molar-refractivity contribution is 0.271. The molecule has 0 amide bonds. The topological polar surface area (TPSA) is 9.23 Å². The van der Waals surface area contributed by atoms with E-state index < -0.39 is 0 Å². The fourth-order valence-corrected chi connectivity index (χ4v) is 1.41. The molecule has 0 N–H and O–H groups in total. The van der Waals surface area contributed by atoms with Crippen molar-refractivity contribution in [1.29, 1.82) is 0 Å². The minimum Gasteiger partial charge on any atom is -0.487 e. The highest BCUT2D eigenvalue weighted by Crippen LogP contribution is 2.26. The van der Waals surface area contributed by atoms with Crippen LogP contribution in [0.5, 0.6) is 0 Å². The maximum atomic E-state index is 5.26. The molecule has 0 saturated carbocycles. The minimum absolute atomic E-state index is 0.894. The van der Waals surface area contributed by atoms with Crippen molar-refractivity contribution in [2.45, 2.75) is 13.8 Å². The van der Waals surface area contributed by atoms with E-state index in [1.54, 1.807) is 0 Å². The Hall–Kier alpha value is -0.110. The van der Waals surface area contributed by atoms with Crippen LogP contribution in [-0.4, -0.2) is 12.4 Å². The molecule has 0 spiro atoms. The van der Waals surface area contributed by atoms with Crippen molar-refractivity contribution >= 4 is 11.8 Å². The summed E-state index contributed by atoms with van der Waals surface area (Å²) in [6, 6.07) is 0. The van der Waals surface area contributed by atoms with E-state index in [2.05, 4.69) is 13.8 Å². The number of allylic oxidation sites excluding steroid dienone is 1. The molecule has 0 aromatic heterocycles. The first-order valence-electron chi connectivity index (χ1n) is 2.74. The normalized spacial score (nSPS) is 18.5. The van der Waals surface area contributed by atoms with Gasteiger partial charge in [0.1, 0.15) is 0 Å². The van der Waals surface area contributed by atoms with Crippen LogP contribution in [0.2, 0.25) is 0 Å². The molecule has 8 heavy (non-hydrogen) atoms. The maximum absolute atomic E-state index is 5.26. The Balaban J connectivity index is 2.58. The number of ether oxygens (including phenoxy) is 1. The summed E-state index contributed by atoms with van der Waals surface area (Å²) in [5.41, 5.74) is 1.30. The summed E-state index contributed by atoms with van der Waals surface area (Å²) in [6.45, 7) is 5.05. The second kappa shape index (κ2) is 2.44. The molecule has 2 heteroatoms. The zero-order chi connectivity index (χ0) is 5.98. The Labute approximate surface area is 54.1 Å². The van der Waals surface area contributed by atoms with Crippen LogP contribution in [0.25, 0.3) is 0 Å². The van der Waals surface area contributed by atoms with E-state index >= 15 is 0 Å². The molecule has 1 aliphatic rings. The van der Waals surface area contributed by atoms with Gasteiger partial charge in [0, 0.05) is 5.75 Å². The second-order valence-corrected chi connectivity index (χ2v) is 3.05. The van der Waals surface area contributed by atoms with Crippen LogP contribution in [0.3, 0.4) is 0 Å². The van der Waals surface area contributed by atoms with E-state index in [1.165, 1.54) is 5.57 Å². The molecule has 1 heterocycles. The van der Waals surface area contributed by atoms with Crippen LogP contribution < -0.4 is 0 Å². The van der Waals surface area contributed by atoms with Gasteiger partial charge in [-0.25, -0.2) is 0 Å². The van der Waals surface area contributed by atoms with E-state index in [4.69, 9.17) is 4.74 Å². The van der Waals surface area contributed by atoms with Crippen molar-refractivity contribution in [3.8, 4) is 0 Å². The van der Waals surface area contributed by atoms with Gasteiger partial charge >= 0.3 is 0 Å². The van der Waals surface area contributed by atoms with E-state index in [-0.39, 0.29) is 0 Å².